The summed E-state index contributed by atoms with van der Waals surface area (Å²) in [5, 5.41) is 0. The van der Waals surface area contributed by atoms with Crippen molar-refractivity contribution < 1.29 is 9.31 Å². The summed E-state index contributed by atoms with van der Waals surface area (Å²) in [4.78, 5) is 0. The van der Waals surface area contributed by atoms with Gasteiger partial charge in [-0.25, -0.2) is 0 Å². The average molecular weight is 541 g/mol. The number of aryl methyl sites for hydroxylation is 2. The minimum Gasteiger partial charge on any atom is -0.399 e. The standard InChI is InChI=1S/C38H41BO2/c1-22-17-28-29-18-23(2)34(39-40-37(7,8)38(9,10)41-39)21-33(29)36(5,6)32(28)20-27(22)24-15-16-26-25-13-11-12-14-30(25)35(3,4)31(26)19-24/h11-21H,1-10H3. The Morgan fingerprint density at radius 3 is 1.71 bits per heavy atom. The summed E-state index contributed by atoms with van der Waals surface area (Å²) in [5.74, 6) is 0. The van der Waals surface area contributed by atoms with Gasteiger partial charge in [-0.3, -0.25) is 0 Å². The second-order valence-corrected chi connectivity index (χ2v) is 14.6. The lowest BCUT2D eigenvalue weighted by Crippen LogP contribution is -2.41. The number of fused-ring (bicyclic) bond motifs is 6. The molecule has 1 aliphatic heterocycles. The quantitative estimate of drug-likeness (QED) is 0.237. The van der Waals surface area contributed by atoms with Gasteiger partial charge in [-0.15, -0.1) is 0 Å². The molecule has 0 spiro atoms. The molecule has 0 atom stereocenters. The fourth-order valence-corrected chi connectivity index (χ4v) is 7.46. The maximum atomic E-state index is 6.49. The van der Waals surface area contributed by atoms with E-state index in [2.05, 4.69) is 136 Å². The summed E-state index contributed by atoms with van der Waals surface area (Å²) in [6.07, 6.45) is 0. The Bertz CT molecular complexity index is 1760. The van der Waals surface area contributed by atoms with Crippen LogP contribution in [-0.4, -0.2) is 18.3 Å². The zero-order valence-corrected chi connectivity index (χ0v) is 26.2. The Morgan fingerprint density at radius 2 is 1.02 bits per heavy atom. The lowest BCUT2D eigenvalue weighted by molar-refractivity contribution is 0.00578. The van der Waals surface area contributed by atoms with Crippen LogP contribution in [0.1, 0.15) is 88.8 Å². The first kappa shape index (κ1) is 26.7. The Morgan fingerprint density at radius 1 is 0.488 bits per heavy atom. The van der Waals surface area contributed by atoms with Crippen LogP contribution in [0.25, 0.3) is 33.4 Å². The highest BCUT2D eigenvalue weighted by Gasteiger charge is 2.52. The summed E-state index contributed by atoms with van der Waals surface area (Å²) >= 11 is 0. The third-order valence-corrected chi connectivity index (χ3v) is 10.8. The first-order valence-electron chi connectivity index (χ1n) is 15.0. The molecule has 0 bridgehead atoms. The fraction of sp³-hybridized carbons (Fsp3) is 0.368. The Kier molecular flexibility index (Phi) is 5.37. The van der Waals surface area contributed by atoms with Gasteiger partial charge in [0.25, 0.3) is 0 Å². The molecule has 3 heteroatoms. The van der Waals surface area contributed by atoms with Crippen LogP contribution in [0.15, 0.2) is 66.7 Å². The third kappa shape index (κ3) is 3.58. The molecule has 0 amide bonds. The van der Waals surface area contributed by atoms with E-state index in [4.69, 9.17) is 9.31 Å². The number of benzene rings is 4. The van der Waals surface area contributed by atoms with Gasteiger partial charge in [0.1, 0.15) is 0 Å². The molecule has 1 heterocycles. The Hall–Kier alpha value is -3.14. The molecule has 4 aromatic carbocycles. The van der Waals surface area contributed by atoms with E-state index in [0.29, 0.717) is 0 Å². The van der Waals surface area contributed by atoms with Gasteiger partial charge in [-0.2, -0.15) is 0 Å². The maximum Gasteiger partial charge on any atom is 0.495 e. The van der Waals surface area contributed by atoms with Crippen molar-refractivity contribution in [1.82, 2.24) is 0 Å². The predicted octanol–water partition coefficient (Wildman–Crippen LogP) is 8.88. The molecule has 208 valence electrons. The molecular formula is C38H41BO2. The van der Waals surface area contributed by atoms with Gasteiger partial charge in [-0.1, -0.05) is 87.9 Å². The van der Waals surface area contributed by atoms with Crippen molar-refractivity contribution in [3.05, 3.63) is 100 Å². The molecule has 1 saturated heterocycles. The summed E-state index contributed by atoms with van der Waals surface area (Å²) in [5.41, 5.74) is 16.4. The van der Waals surface area contributed by atoms with Gasteiger partial charge in [0.15, 0.2) is 0 Å². The molecule has 3 aliphatic rings. The number of rotatable bonds is 2. The first-order chi connectivity index (χ1) is 19.1. The molecule has 0 radical (unpaired) electrons. The molecular weight excluding hydrogens is 499 g/mol. The first-order valence-corrected chi connectivity index (χ1v) is 15.0. The maximum absolute atomic E-state index is 6.49. The number of hydrogen-bond acceptors (Lipinski definition) is 2. The topological polar surface area (TPSA) is 18.5 Å². The fourth-order valence-electron chi connectivity index (χ4n) is 7.46. The van der Waals surface area contributed by atoms with Crippen LogP contribution in [0.3, 0.4) is 0 Å². The smallest absolute Gasteiger partial charge is 0.399 e. The molecule has 41 heavy (non-hydrogen) atoms. The zero-order chi connectivity index (χ0) is 29.3. The van der Waals surface area contributed by atoms with Gasteiger partial charge in [0.2, 0.25) is 0 Å². The Balaban J connectivity index is 1.32. The van der Waals surface area contributed by atoms with Crippen molar-refractivity contribution >= 4 is 12.6 Å². The highest BCUT2D eigenvalue weighted by atomic mass is 16.7. The molecule has 0 N–H and O–H groups in total. The highest BCUT2D eigenvalue weighted by molar-refractivity contribution is 6.62. The SMILES string of the molecule is Cc1cc2c(cc1B1OC(C)(C)C(C)(C)O1)C(C)(C)c1cc(-c3ccc4c(c3)C(C)(C)c3ccccc3-4)c(C)cc1-2. The van der Waals surface area contributed by atoms with Crippen LogP contribution in [-0.2, 0) is 20.1 Å². The van der Waals surface area contributed by atoms with E-state index in [0.717, 1.165) is 5.46 Å². The van der Waals surface area contributed by atoms with Crippen LogP contribution in [0, 0.1) is 13.8 Å². The third-order valence-electron chi connectivity index (χ3n) is 10.8. The average Bonchev–Trinajstić information content (AvgIpc) is 3.36. The minimum absolute atomic E-state index is 0.0104. The highest BCUT2D eigenvalue weighted by Crippen LogP contribution is 2.53. The predicted molar refractivity (Wildman–Crippen MR) is 172 cm³/mol. The van der Waals surface area contributed by atoms with Gasteiger partial charge < -0.3 is 9.31 Å². The molecule has 7 rings (SSSR count). The van der Waals surface area contributed by atoms with E-state index >= 15 is 0 Å². The summed E-state index contributed by atoms with van der Waals surface area (Å²) in [6.45, 7) is 22.4. The van der Waals surface area contributed by atoms with Crippen molar-refractivity contribution in [3.8, 4) is 33.4 Å². The van der Waals surface area contributed by atoms with Crippen molar-refractivity contribution in [3.63, 3.8) is 0 Å². The summed E-state index contributed by atoms with van der Waals surface area (Å²) in [7, 11) is -0.360. The van der Waals surface area contributed by atoms with Gasteiger partial charge in [0.05, 0.1) is 11.2 Å². The normalized spacial score (nSPS) is 20.0. The van der Waals surface area contributed by atoms with Crippen molar-refractivity contribution in [1.29, 1.82) is 0 Å². The van der Waals surface area contributed by atoms with Gasteiger partial charge in [-0.05, 0) is 120 Å². The molecule has 0 aromatic heterocycles. The van der Waals surface area contributed by atoms with E-state index in [-0.39, 0.29) is 29.2 Å². The van der Waals surface area contributed by atoms with Crippen LogP contribution in [0.2, 0.25) is 0 Å². The van der Waals surface area contributed by atoms with E-state index in [1.165, 1.54) is 66.8 Å². The molecule has 0 saturated carbocycles. The molecule has 2 aliphatic carbocycles. The Labute approximate surface area is 246 Å². The second kappa shape index (κ2) is 8.24. The zero-order valence-electron chi connectivity index (χ0n) is 26.2. The van der Waals surface area contributed by atoms with Crippen LogP contribution in [0.4, 0.5) is 0 Å². The van der Waals surface area contributed by atoms with E-state index in [1.54, 1.807) is 0 Å². The second-order valence-electron chi connectivity index (χ2n) is 14.6. The summed E-state index contributed by atoms with van der Waals surface area (Å²) in [6, 6.07) is 25.6. The minimum atomic E-state index is -0.362. The van der Waals surface area contributed by atoms with Crippen molar-refractivity contribution in [2.75, 3.05) is 0 Å². The lowest BCUT2D eigenvalue weighted by atomic mass is 9.72. The van der Waals surface area contributed by atoms with Crippen LogP contribution >= 0.6 is 0 Å². The number of hydrogen-bond donors (Lipinski definition) is 0. The molecule has 1 fully saturated rings. The molecule has 4 aromatic rings. The van der Waals surface area contributed by atoms with E-state index in [9.17, 15) is 0 Å². The van der Waals surface area contributed by atoms with E-state index in [1.807, 2.05) is 0 Å². The van der Waals surface area contributed by atoms with Crippen molar-refractivity contribution in [2.45, 2.75) is 91.3 Å². The summed E-state index contributed by atoms with van der Waals surface area (Å²) < 4.78 is 13.0. The monoisotopic (exact) mass is 540 g/mol. The van der Waals surface area contributed by atoms with Gasteiger partial charge in [0, 0.05) is 10.8 Å². The molecule has 0 unspecified atom stereocenters. The molecule has 2 nitrogen and oxygen atoms in total. The largest absolute Gasteiger partial charge is 0.495 e. The van der Waals surface area contributed by atoms with E-state index < -0.39 is 0 Å². The van der Waals surface area contributed by atoms with Crippen LogP contribution in [0.5, 0.6) is 0 Å². The van der Waals surface area contributed by atoms with Crippen LogP contribution < -0.4 is 5.46 Å². The van der Waals surface area contributed by atoms with Crippen molar-refractivity contribution in [2.24, 2.45) is 0 Å². The van der Waals surface area contributed by atoms with Gasteiger partial charge >= 0.3 is 7.12 Å². The lowest BCUT2D eigenvalue weighted by Gasteiger charge is -2.32.